The van der Waals surface area contributed by atoms with Crippen molar-refractivity contribution in [1.82, 2.24) is 9.88 Å². The van der Waals surface area contributed by atoms with Gasteiger partial charge in [-0.1, -0.05) is 18.2 Å². The van der Waals surface area contributed by atoms with Gasteiger partial charge in [-0.2, -0.15) is 0 Å². The molecule has 2 rings (SSSR count). The number of aliphatic hydroxyl groups is 2. The van der Waals surface area contributed by atoms with Crippen LogP contribution in [0, 0.1) is 0 Å². The first-order valence-corrected chi connectivity index (χ1v) is 5.22. The molecule has 4 nitrogen and oxygen atoms in total. The van der Waals surface area contributed by atoms with Crippen molar-refractivity contribution in [3.63, 3.8) is 0 Å². The van der Waals surface area contributed by atoms with E-state index in [2.05, 4.69) is 5.32 Å². The summed E-state index contributed by atoms with van der Waals surface area (Å²) in [6.45, 7) is 0. The second-order valence-electron chi connectivity index (χ2n) is 3.89. The van der Waals surface area contributed by atoms with Gasteiger partial charge < -0.3 is 14.8 Å². The summed E-state index contributed by atoms with van der Waals surface area (Å²) in [4.78, 5) is 0. The van der Waals surface area contributed by atoms with Crippen molar-refractivity contribution in [2.24, 2.45) is 7.05 Å². The van der Waals surface area contributed by atoms with Crippen molar-refractivity contribution in [3.05, 3.63) is 36.0 Å². The summed E-state index contributed by atoms with van der Waals surface area (Å²) in [7, 11) is 3.53. The van der Waals surface area contributed by atoms with Gasteiger partial charge in [-0.15, -0.1) is 0 Å². The number of nitrogens with one attached hydrogen (secondary N) is 1. The van der Waals surface area contributed by atoms with E-state index in [4.69, 9.17) is 0 Å². The predicted molar refractivity (Wildman–Crippen MR) is 62.9 cm³/mol. The summed E-state index contributed by atoms with van der Waals surface area (Å²) >= 11 is 0. The standard InChI is InChI=1S/C12H16N2O2/c1-13-12(16)11(15)9-7-14(2)10-6-4-3-5-8(9)10/h3-7,11-13,15-16H,1-2H3. The van der Waals surface area contributed by atoms with Gasteiger partial charge in [0.2, 0.25) is 0 Å². The lowest BCUT2D eigenvalue weighted by Gasteiger charge is -2.16. The molecule has 0 radical (unpaired) electrons. The molecule has 0 saturated heterocycles. The molecule has 0 spiro atoms. The lowest BCUT2D eigenvalue weighted by molar-refractivity contribution is 0.00263. The fourth-order valence-corrected chi connectivity index (χ4v) is 1.94. The summed E-state index contributed by atoms with van der Waals surface area (Å²) in [5.74, 6) is 0. The first-order valence-electron chi connectivity index (χ1n) is 5.22. The molecule has 86 valence electrons. The molecule has 0 saturated carbocycles. The lowest BCUT2D eigenvalue weighted by atomic mass is 10.1. The van der Waals surface area contributed by atoms with Crippen LogP contribution in [-0.4, -0.2) is 28.1 Å². The third kappa shape index (κ3) is 1.71. The molecule has 0 fully saturated rings. The molecule has 0 aliphatic heterocycles. The van der Waals surface area contributed by atoms with Crippen LogP contribution < -0.4 is 5.32 Å². The van der Waals surface area contributed by atoms with Crippen LogP contribution in [0.15, 0.2) is 30.5 Å². The van der Waals surface area contributed by atoms with E-state index in [0.717, 1.165) is 16.5 Å². The molecule has 3 N–H and O–H groups in total. The number of hydrogen-bond donors (Lipinski definition) is 3. The van der Waals surface area contributed by atoms with E-state index in [-0.39, 0.29) is 0 Å². The maximum atomic E-state index is 9.97. The number of aryl methyl sites for hydroxylation is 1. The summed E-state index contributed by atoms with van der Waals surface area (Å²) < 4.78 is 1.94. The number of nitrogens with zero attached hydrogens (tertiary/aromatic N) is 1. The molecule has 0 amide bonds. The van der Waals surface area contributed by atoms with Crippen LogP contribution in [-0.2, 0) is 7.05 Å². The van der Waals surface area contributed by atoms with Crippen LogP contribution >= 0.6 is 0 Å². The SMILES string of the molecule is CNC(O)C(O)c1cn(C)c2ccccc12. The van der Waals surface area contributed by atoms with Gasteiger partial charge in [0.1, 0.15) is 12.3 Å². The molecule has 1 heterocycles. The van der Waals surface area contributed by atoms with E-state index in [0.29, 0.717) is 0 Å². The van der Waals surface area contributed by atoms with Crippen LogP contribution in [0.2, 0.25) is 0 Å². The minimum Gasteiger partial charge on any atom is -0.384 e. The van der Waals surface area contributed by atoms with Gasteiger partial charge in [-0.25, -0.2) is 0 Å². The average Bonchev–Trinajstić information content (AvgIpc) is 2.65. The normalized spacial score (nSPS) is 15.2. The van der Waals surface area contributed by atoms with Crippen LogP contribution in [0.1, 0.15) is 11.7 Å². The molecule has 0 aliphatic rings. The van der Waals surface area contributed by atoms with Crippen molar-refractivity contribution < 1.29 is 10.2 Å². The second kappa shape index (κ2) is 4.25. The first-order chi connectivity index (χ1) is 7.65. The monoisotopic (exact) mass is 220 g/mol. The van der Waals surface area contributed by atoms with Crippen molar-refractivity contribution >= 4 is 10.9 Å². The summed E-state index contributed by atoms with van der Waals surface area (Å²) in [6, 6.07) is 7.80. The number of likely N-dealkylation sites (N-methyl/N-ethyl adjacent to an activating group) is 1. The largest absolute Gasteiger partial charge is 0.384 e. The van der Waals surface area contributed by atoms with Crippen molar-refractivity contribution in [1.29, 1.82) is 0 Å². The van der Waals surface area contributed by atoms with E-state index in [1.807, 2.05) is 42.1 Å². The summed E-state index contributed by atoms with van der Waals surface area (Å²) in [5, 5.41) is 23.2. The quantitative estimate of drug-likeness (QED) is 0.669. The van der Waals surface area contributed by atoms with E-state index >= 15 is 0 Å². The number of benzene rings is 1. The topological polar surface area (TPSA) is 57.4 Å². The zero-order valence-corrected chi connectivity index (χ0v) is 9.38. The Kier molecular flexibility index (Phi) is 2.96. The highest BCUT2D eigenvalue weighted by molar-refractivity contribution is 5.84. The third-order valence-electron chi connectivity index (χ3n) is 2.84. The highest BCUT2D eigenvalue weighted by atomic mass is 16.3. The molecular weight excluding hydrogens is 204 g/mol. The highest BCUT2D eigenvalue weighted by Crippen LogP contribution is 2.26. The van der Waals surface area contributed by atoms with E-state index in [1.54, 1.807) is 7.05 Å². The Bertz CT molecular complexity index is 493. The Labute approximate surface area is 94.1 Å². The molecule has 2 unspecified atom stereocenters. The third-order valence-corrected chi connectivity index (χ3v) is 2.84. The molecule has 0 aliphatic carbocycles. The number of aliphatic hydroxyl groups excluding tert-OH is 2. The summed E-state index contributed by atoms with van der Waals surface area (Å²) in [6.07, 6.45) is -0.0301. The van der Waals surface area contributed by atoms with Crippen molar-refractivity contribution in [2.45, 2.75) is 12.3 Å². The maximum absolute atomic E-state index is 9.97. The molecule has 1 aromatic carbocycles. The lowest BCUT2D eigenvalue weighted by Crippen LogP contribution is -2.31. The van der Waals surface area contributed by atoms with Crippen LogP contribution in [0.5, 0.6) is 0 Å². The van der Waals surface area contributed by atoms with Gasteiger partial charge in [0, 0.05) is 29.7 Å². The molecule has 0 bridgehead atoms. The maximum Gasteiger partial charge on any atom is 0.135 e. The molecule has 1 aromatic heterocycles. The Hall–Kier alpha value is -1.36. The number of rotatable bonds is 3. The number of para-hydroxylation sites is 1. The van der Waals surface area contributed by atoms with Crippen LogP contribution in [0.4, 0.5) is 0 Å². The number of aromatic nitrogens is 1. The second-order valence-corrected chi connectivity index (χ2v) is 3.89. The average molecular weight is 220 g/mol. The van der Waals surface area contributed by atoms with E-state index < -0.39 is 12.3 Å². The highest BCUT2D eigenvalue weighted by Gasteiger charge is 2.20. The first kappa shape index (κ1) is 11.1. The summed E-state index contributed by atoms with van der Waals surface area (Å²) in [5.41, 5.74) is 1.78. The van der Waals surface area contributed by atoms with E-state index in [1.165, 1.54) is 0 Å². The Balaban J connectivity index is 2.52. The van der Waals surface area contributed by atoms with Gasteiger partial charge in [-0.3, -0.25) is 5.32 Å². The van der Waals surface area contributed by atoms with Crippen molar-refractivity contribution in [2.75, 3.05) is 7.05 Å². The van der Waals surface area contributed by atoms with Gasteiger partial charge >= 0.3 is 0 Å². The molecule has 4 heteroatoms. The molecule has 16 heavy (non-hydrogen) atoms. The Morgan fingerprint density at radius 3 is 2.62 bits per heavy atom. The molecular formula is C12H16N2O2. The van der Waals surface area contributed by atoms with Crippen LogP contribution in [0.3, 0.4) is 0 Å². The number of fused-ring (bicyclic) bond motifs is 1. The predicted octanol–water partition coefficient (Wildman–Crippen LogP) is 0.749. The smallest absolute Gasteiger partial charge is 0.135 e. The van der Waals surface area contributed by atoms with Crippen molar-refractivity contribution in [3.8, 4) is 0 Å². The van der Waals surface area contributed by atoms with Crippen LogP contribution in [0.25, 0.3) is 10.9 Å². The number of hydrogen-bond acceptors (Lipinski definition) is 3. The van der Waals surface area contributed by atoms with Gasteiger partial charge in [0.05, 0.1) is 0 Å². The molecule has 2 aromatic rings. The minimum absolute atomic E-state index is 0.736. The van der Waals surface area contributed by atoms with Gasteiger partial charge in [0.25, 0.3) is 0 Å². The fourth-order valence-electron chi connectivity index (χ4n) is 1.94. The zero-order valence-electron chi connectivity index (χ0n) is 9.38. The zero-order chi connectivity index (χ0) is 11.7. The van der Waals surface area contributed by atoms with E-state index in [9.17, 15) is 10.2 Å². The van der Waals surface area contributed by atoms with Gasteiger partial charge in [0.15, 0.2) is 0 Å². The fraction of sp³-hybridized carbons (Fsp3) is 0.333. The van der Waals surface area contributed by atoms with Gasteiger partial charge in [-0.05, 0) is 13.1 Å². The molecule has 2 atom stereocenters. The Morgan fingerprint density at radius 1 is 1.25 bits per heavy atom. The minimum atomic E-state index is -0.953. The Morgan fingerprint density at radius 2 is 1.94 bits per heavy atom.